The Labute approximate surface area is 51.3 Å². The molecule has 1 unspecified atom stereocenters. The molecule has 0 heterocycles. The van der Waals surface area contributed by atoms with Crippen LogP contribution in [0.3, 0.4) is 0 Å². The normalized spacial score (nSPS) is 13.6. The van der Waals surface area contributed by atoms with Crippen molar-refractivity contribution in [3.8, 4) is 0 Å². The molecule has 1 nitrogen and oxygen atoms in total. The predicted molar refractivity (Wildman–Crippen MR) is 29.4 cm³/mol. The van der Waals surface area contributed by atoms with Crippen LogP contribution < -0.4 is 0 Å². The van der Waals surface area contributed by atoms with E-state index in [2.05, 4.69) is 12.6 Å². The average molecular weight is 143 g/mol. The summed E-state index contributed by atoms with van der Waals surface area (Å²) in [5.41, 5.74) is -1.58. The molecule has 4 heteroatoms. The van der Waals surface area contributed by atoms with E-state index in [-0.39, 0.29) is 6.42 Å². The summed E-state index contributed by atoms with van der Waals surface area (Å²) in [6, 6.07) is 0. The van der Waals surface area contributed by atoms with E-state index < -0.39 is 10.7 Å². The predicted octanol–water partition coefficient (Wildman–Crippen LogP) is 1.37. The molecule has 0 aliphatic heterocycles. The van der Waals surface area contributed by atoms with Gasteiger partial charge in [-0.05, 0) is 0 Å². The number of halogens is 2. The summed E-state index contributed by atoms with van der Waals surface area (Å²) in [4.78, 5) is 9.79. The zero-order valence-corrected chi connectivity index (χ0v) is 5.05. The number of hydrogen-bond acceptors (Lipinski definition) is 1. The molecule has 0 aromatic heterocycles. The summed E-state index contributed by atoms with van der Waals surface area (Å²) in [5, 5.41) is -0.525. The lowest BCUT2D eigenvalue weighted by Crippen LogP contribution is -1.94. The van der Waals surface area contributed by atoms with Gasteiger partial charge in [-0.1, -0.05) is 11.6 Å². The van der Waals surface area contributed by atoms with E-state index in [1.165, 1.54) is 0 Å². The van der Waals surface area contributed by atoms with Crippen LogP contribution in [0.4, 0.5) is 4.39 Å². The summed E-state index contributed by atoms with van der Waals surface area (Å²) in [5.74, 6) is 0. The van der Waals surface area contributed by atoms with Gasteiger partial charge in [-0.25, -0.2) is 4.39 Å². The molecule has 0 aromatic rings. The molecule has 0 spiro atoms. The summed E-state index contributed by atoms with van der Waals surface area (Å²) in [7, 11) is 0. The number of rotatable bonds is 2. The van der Waals surface area contributed by atoms with Crippen LogP contribution in [0.2, 0.25) is 0 Å². The monoisotopic (exact) mass is 142 g/mol. The highest BCUT2D eigenvalue weighted by molar-refractivity contribution is 7.96. The maximum Gasteiger partial charge on any atom is 0.190 e. The van der Waals surface area contributed by atoms with Crippen LogP contribution in [0.5, 0.6) is 0 Å². The Kier molecular flexibility index (Phi) is 3.38. The van der Waals surface area contributed by atoms with Gasteiger partial charge in [0.1, 0.15) is 0 Å². The Hall–Kier alpha value is 0.240. The van der Waals surface area contributed by atoms with Crippen molar-refractivity contribution < 1.29 is 9.18 Å². The molecular formula is C3H4ClFOS. The van der Waals surface area contributed by atoms with Gasteiger partial charge in [0, 0.05) is 0 Å². The molecule has 7 heavy (non-hydrogen) atoms. The average Bonchev–Trinajstić information content (AvgIpc) is 1.27. The minimum atomic E-state index is -1.58. The Balaban J connectivity index is 3.13. The van der Waals surface area contributed by atoms with Gasteiger partial charge in [0.2, 0.25) is 0 Å². The van der Waals surface area contributed by atoms with Crippen LogP contribution in [-0.4, -0.2) is 10.7 Å². The molecule has 0 saturated carbocycles. The smallest absolute Gasteiger partial charge is 0.190 e. The highest BCUT2D eigenvalue weighted by Crippen LogP contribution is 2.03. The molecule has 0 rings (SSSR count). The van der Waals surface area contributed by atoms with Gasteiger partial charge < -0.3 is 0 Å². The van der Waals surface area contributed by atoms with Crippen molar-refractivity contribution in [2.24, 2.45) is 0 Å². The molecule has 0 aliphatic rings. The molecular weight excluding hydrogens is 139 g/mol. The summed E-state index contributed by atoms with van der Waals surface area (Å²) >= 11 is 8.01. The topological polar surface area (TPSA) is 17.1 Å². The van der Waals surface area contributed by atoms with Crippen LogP contribution >= 0.6 is 24.2 Å². The second-order valence-corrected chi connectivity index (χ2v) is 1.96. The van der Waals surface area contributed by atoms with Crippen molar-refractivity contribution >= 4 is 29.3 Å². The van der Waals surface area contributed by atoms with Crippen molar-refractivity contribution in [1.82, 2.24) is 0 Å². The number of carbonyl (C=O) groups excluding carboxylic acids is 1. The highest BCUT2D eigenvalue weighted by Gasteiger charge is 2.02. The van der Waals surface area contributed by atoms with Gasteiger partial charge in [-0.15, -0.1) is 12.6 Å². The summed E-state index contributed by atoms with van der Waals surface area (Å²) in [6.07, 6.45) is -0.315. The fourth-order valence-corrected chi connectivity index (χ4v) is 0.540. The van der Waals surface area contributed by atoms with E-state index in [4.69, 9.17) is 11.6 Å². The maximum atomic E-state index is 11.4. The van der Waals surface area contributed by atoms with E-state index in [9.17, 15) is 9.18 Å². The second kappa shape index (κ2) is 3.27. The maximum absolute atomic E-state index is 11.4. The number of carbonyl (C=O) groups is 1. The van der Waals surface area contributed by atoms with Gasteiger partial charge in [-0.2, -0.15) is 0 Å². The number of hydrogen-bond donors (Lipinski definition) is 1. The molecule has 1 atom stereocenters. The fraction of sp³-hybridized carbons (Fsp3) is 0.667. The molecule has 0 aliphatic carbocycles. The Morgan fingerprint density at radius 1 is 2.00 bits per heavy atom. The molecule has 0 amide bonds. The van der Waals surface area contributed by atoms with Crippen LogP contribution in [0.25, 0.3) is 0 Å². The largest absolute Gasteiger partial charge is 0.287 e. The molecule has 0 N–H and O–H groups in total. The first-order valence-corrected chi connectivity index (χ1v) is 2.51. The number of thiol groups is 1. The molecule has 42 valence electrons. The third-order valence-corrected chi connectivity index (χ3v) is 0.666. The van der Waals surface area contributed by atoms with Crippen LogP contribution in [0.1, 0.15) is 6.42 Å². The minimum Gasteiger partial charge on any atom is -0.287 e. The van der Waals surface area contributed by atoms with Gasteiger partial charge in [0.05, 0.1) is 6.42 Å². The third kappa shape index (κ3) is 6.24. The summed E-state index contributed by atoms with van der Waals surface area (Å²) < 4.78 is 11.4. The molecule has 0 saturated heterocycles. The molecule has 0 fully saturated rings. The first kappa shape index (κ1) is 7.24. The standard InChI is InChI=1S/C3H4ClFOS/c4-2(5)1-3(6)7/h2H,1H2,(H,6,7). The van der Waals surface area contributed by atoms with Crippen molar-refractivity contribution in [1.29, 1.82) is 0 Å². The van der Waals surface area contributed by atoms with Gasteiger partial charge in [0.15, 0.2) is 10.7 Å². The second-order valence-electron chi connectivity index (χ2n) is 0.989. The zero-order valence-electron chi connectivity index (χ0n) is 3.40. The van der Waals surface area contributed by atoms with Gasteiger partial charge >= 0.3 is 0 Å². The van der Waals surface area contributed by atoms with Crippen LogP contribution in [0, 0.1) is 0 Å². The van der Waals surface area contributed by atoms with Gasteiger partial charge in [0.25, 0.3) is 0 Å². The van der Waals surface area contributed by atoms with E-state index in [1.54, 1.807) is 0 Å². The quantitative estimate of drug-likeness (QED) is 0.455. The fourth-order valence-electron chi connectivity index (χ4n) is 0.132. The van der Waals surface area contributed by atoms with E-state index in [0.29, 0.717) is 0 Å². The molecule has 0 aromatic carbocycles. The number of alkyl halides is 2. The van der Waals surface area contributed by atoms with E-state index in [1.807, 2.05) is 0 Å². The zero-order chi connectivity index (χ0) is 5.86. The third-order valence-electron chi connectivity index (χ3n) is 0.329. The summed E-state index contributed by atoms with van der Waals surface area (Å²) in [6.45, 7) is 0. The van der Waals surface area contributed by atoms with E-state index in [0.717, 1.165) is 0 Å². The SMILES string of the molecule is O=C(S)CC(F)Cl. The lowest BCUT2D eigenvalue weighted by atomic mass is 10.5. The van der Waals surface area contributed by atoms with Gasteiger partial charge in [-0.3, -0.25) is 4.79 Å². The van der Waals surface area contributed by atoms with Crippen molar-refractivity contribution in [3.63, 3.8) is 0 Å². The minimum absolute atomic E-state index is 0.315. The van der Waals surface area contributed by atoms with Crippen molar-refractivity contribution in [2.75, 3.05) is 0 Å². The first-order chi connectivity index (χ1) is 3.13. The lowest BCUT2D eigenvalue weighted by molar-refractivity contribution is -0.111. The Morgan fingerprint density at radius 3 is 2.43 bits per heavy atom. The van der Waals surface area contributed by atoms with E-state index >= 15 is 0 Å². The van der Waals surface area contributed by atoms with Crippen molar-refractivity contribution in [2.45, 2.75) is 12.1 Å². The van der Waals surface area contributed by atoms with Crippen molar-refractivity contribution in [3.05, 3.63) is 0 Å². The Morgan fingerprint density at radius 2 is 2.43 bits per heavy atom. The van der Waals surface area contributed by atoms with Crippen LogP contribution in [-0.2, 0) is 4.79 Å². The lowest BCUT2D eigenvalue weighted by Gasteiger charge is -1.88. The van der Waals surface area contributed by atoms with Crippen LogP contribution in [0.15, 0.2) is 0 Å². The molecule has 0 bridgehead atoms. The molecule has 0 radical (unpaired) electrons. The highest BCUT2D eigenvalue weighted by atomic mass is 35.5. The Bertz CT molecular complexity index is 75.3. The first-order valence-electron chi connectivity index (χ1n) is 1.63.